The fourth-order valence-electron chi connectivity index (χ4n) is 4.75. The summed E-state index contributed by atoms with van der Waals surface area (Å²) in [6.45, 7) is 1.26. The van der Waals surface area contributed by atoms with Crippen LogP contribution in [0.4, 0.5) is 16.3 Å². The molecule has 3 aromatic rings. The molecule has 1 N–H and O–H groups in total. The zero-order valence-corrected chi connectivity index (χ0v) is 20.0. The van der Waals surface area contributed by atoms with Crippen molar-refractivity contribution in [2.45, 2.75) is 44.3 Å². The molecule has 1 saturated carbocycles. The van der Waals surface area contributed by atoms with Gasteiger partial charge in [0.2, 0.25) is 0 Å². The maximum Gasteiger partial charge on any atom is 0.411 e. The molecule has 2 fully saturated rings. The number of amides is 1. The first-order chi connectivity index (χ1) is 17.1. The first-order valence-corrected chi connectivity index (χ1v) is 12.0. The molecule has 1 amide bonds. The van der Waals surface area contributed by atoms with Crippen molar-refractivity contribution >= 4 is 28.5 Å². The number of carbonyl (C=O) groups is 1. The van der Waals surface area contributed by atoms with E-state index in [1.807, 2.05) is 36.4 Å². The number of benzene rings is 2. The molecule has 2 aromatic carbocycles. The van der Waals surface area contributed by atoms with E-state index in [-0.39, 0.29) is 6.10 Å². The number of aromatic nitrogens is 2. The zero-order valence-electron chi connectivity index (χ0n) is 20.0. The smallest absolute Gasteiger partial charge is 0.411 e. The van der Waals surface area contributed by atoms with E-state index in [1.54, 1.807) is 14.2 Å². The normalized spacial score (nSPS) is 18.0. The molecule has 0 bridgehead atoms. The molecule has 184 valence electrons. The number of methoxy groups -OCH3 is 2. The third-order valence-electron chi connectivity index (χ3n) is 6.54. The monoisotopic (exact) mass is 478 g/mol. The highest BCUT2D eigenvalue weighted by Crippen LogP contribution is 2.35. The quantitative estimate of drug-likeness (QED) is 0.518. The van der Waals surface area contributed by atoms with Crippen LogP contribution in [-0.4, -0.2) is 55.6 Å². The Hall–Kier alpha value is -3.75. The number of hydrogen-bond donors (Lipinski definition) is 1. The molecule has 0 radical (unpaired) electrons. The molecule has 9 nitrogen and oxygen atoms in total. The molecule has 1 saturated heterocycles. The SMILES string of the molecule is COc1cc2ncnc(N3CCC(OC(=O)Nc4ccc(OC5CCCC5)cc4)C3)c2cc1OC. The van der Waals surface area contributed by atoms with Crippen molar-refractivity contribution in [3.8, 4) is 17.2 Å². The highest BCUT2D eigenvalue weighted by molar-refractivity contribution is 5.92. The Morgan fingerprint density at radius 2 is 1.71 bits per heavy atom. The number of anilines is 2. The minimum Gasteiger partial charge on any atom is -0.493 e. The summed E-state index contributed by atoms with van der Waals surface area (Å²) in [6, 6.07) is 11.2. The number of nitrogens with zero attached hydrogens (tertiary/aromatic N) is 3. The van der Waals surface area contributed by atoms with Crippen molar-refractivity contribution in [3.05, 3.63) is 42.7 Å². The van der Waals surface area contributed by atoms with Gasteiger partial charge in [0.25, 0.3) is 0 Å². The highest BCUT2D eigenvalue weighted by Gasteiger charge is 2.28. The van der Waals surface area contributed by atoms with Gasteiger partial charge in [-0.1, -0.05) is 0 Å². The van der Waals surface area contributed by atoms with Gasteiger partial charge < -0.3 is 23.8 Å². The zero-order chi connectivity index (χ0) is 24.2. The number of fused-ring (bicyclic) bond motifs is 1. The highest BCUT2D eigenvalue weighted by atomic mass is 16.6. The van der Waals surface area contributed by atoms with E-state index in [2.05, 4.69) is 20.2 Å². The summed E-state index contributed by atoms with van der Waals surface area (Å²) in [4.78, 5) is 23.5. The van der Waals surface area contributed by atoms with Gasteiger partial charge in [-0.25, -0.2) is 14.8 Å². The number of rotatable bonds is 7. The summed E-state index contributed by atoms with van der Waals surface area (Å²) in [6.07, 6.45) is 6.50. The molecule has 5 rings (SSSR count). The standard InChI is InChI=1S/C26H30N4O5/c1-32-23-13-21-22(14-24(23)33-2)27-16-28-25(21)30-12-11-20(15-30)35-26(31)29-17-7-9-19(10-8-17)34-18-5-3-4-6-18/h7-10,13-14,16,18,20H,3-6,11-12,15H2,1-2H3,(H,29,31). The molecule has 1 atom stereocenters. The van der Waals surface area contributed by atoms with Crippen molar-refractivity contribution in [2.75, 3.05) is 37.5 Å². The van der Waals surface area contributed by atoms with E-state index in [9.17, 15) is 4.79 Å². The molecule has 0 spiro atoms. The second-order valence-electron chi connectivity index (χ2n) is 8.86. The van der Waals surface area contributed by atoms with Crippen LogP contribution >= 0.6 is 0 Å². The molecule has 9 heteroatoms. The van der Waals surface area contributed by atoms with Gasteiger partial charge in [-0.15, -0.1) is 0 Å². The number of ether oxygens (including phenoxy) is 4. The van der Waals surface area contributed by atoms with Gasteiger partial charge in [-0.2, -0.15) is 0 Å². The Labute approximate surface area is 204 Å². The lowest BCUT2D eigenvalue weighted by Gasteiger charge is -2.20. The van der Waals surface area contributed by atoms with Crippen LogP contribution in [0.1, 0.15) is 32.1 Å². The Kier molecular flexibility index (Phi) is 6.74. The summed E-state index contributed by atoms with van der Waals surface area (Å²) < 4.78 is 22.5. The van der Waals surface area contributed by atoms with Crippen LogP contribution in [0.3, 0.4) is 0 Å². The van der Waals surface area contributed by atoms with E-state index in [4.69, 9.17) is 18.9 Å². The van der Waals surface area contributed by atoms with Gasteiger partial charge in [0.1, 0.15) is 24.0 Å². The number of carbonyl (C=O) groups excluding carboxylic acids is 1. The van der Waals surface area contributed by atoms with Gasteiger partial charge >= 0.3 is 6.09 Å². The van der Waals surface area contributed by atoms with Crippen LogP contribution in [0, 0.1) is 0 Å². The van der Waals surface area contributed by atoms with Crippen molar-refractivity contribution in [1.82, 2.24) is 9.97 Å². The van der Waals surface area contributed by atoms with Crippen LogP contribution < -0.4 is 24.4 Å². The minimum atomic E-state index is -0.472. The second kappa shape index (κ2) is 10.2. The van der Waals surface area contributed by atoms with E-state index in [1.165, 1.54) is 19.2 Å². The van der Waals surface area contributed by atoms with Crippen molar-refractivity contribution < 1.29 is 23.7 Å². The van der Waals surface area contributed by atoms with Crippen LogP contribution in [-0.2, 0) is 4.74 Å². The average Bonchev–Trinajstić information content (AvgIpc) is 3.56. The summed E-state index contributed by atoms with van der Waals surface area (Å²) in [5.41, 5.74) is 1.43. The molecular weight excluding hydrogens is 448 g/mol. The van der Waals surface area contributed by atoms with Crippen molar-refractivity contribution in [3.63, 3.8) is 0 Å². The maximum atomic E-state index is 12.5. The van der Waals surface area contributed by atoms with Crippen molar-refractivity contribution in [2.24, 2.45) is 0 Å². The lowest BCUT2D eigenvalue weighted by atomic mass is 10.2. The summed E-state index contributed by atoms with van der Waals surface area (Å²) in [7, 11) is 3.19. The maximum absolute atomic E-state index is 12.5. The van der Waals surface area contributed by atoms with Gasteiger partial charge in [0.15, 0.2) is 11.5 Å². The third-order valence-corrected chi connectivity index (χ3v) is 6.54. The van der Waals surface area contributed by atoms with Crippen LogP contribution in [0.2, 0.25) is 0 Å². The fraction of sp³-hybridized carbons (Fsp3) is 0.423. The molecular formula is C26H30N4O5. The third kappa shape index (κ3) is 5.18. The summed E-state index contributed by atoms with van der Waals surface area (Å²) in [5.74, 6) is 2.83. The summed E-state index contributed by atoms with van der Waals surface area (Å²) >= 11 is 0. The number of nitrogens with one attached hydrogen (secondary N) is 1. The summed E-state index contributed by atoms with van der Waals surface area (Å²) in [5, 5.41) is 3.67. The number of hydrogen-bond acceptors (Lipinski definition) is 8. The van der Waals surface area contributed by atoms with E-state index < -0.39 is 6.09 Å². The minimum absolute atomic E-state index is 0.245. The molecule has 1 unspecified atom stereocenters. The van der Waals surface area contributed by atoms with Gasteiger partial charge in [0.05, 0.1) is 32.4 Å². The lowest BCUT2D eigenvalue weighted by Crippen LogP contribution is -2.27. The first kappa shape index (κ1) is 23.0. The van der Waals surface area contributed by atoms with E-state index >= 15 is 0 Å². The Bertz CT molecular complexity index is 1180. The Morgan fingerprint density at radius 1 is 0.971 bits per heavy atom. The van der Waals surface area contributed by atoms with Gasteiger partial charge in [-0.05, 0) is 56.0 Å². The Balaban J connectivity index is 1.19. The fourth-order valence-corrected chi connectivity index (χ4v) is 4.75. The van der Waals surface area contributed by atoms with Crippen LogP contribution in [0.5, 0.6) is 17.2 Å². The molecule has 35 heavy (non-hydrogen) atoms. The predicted octanol–water partition coefficient (Wildman–Crippen LogP) is 4.80. The Morgan fingerprint density at radius 3 is 2.46 bits per heavy atom. The van der Waals surface area contributed by atoms with E-state index in [0.29, 0.717) is 42.8 Å². The van der Waals surface area contributed by atoms with Crippen LogP contribution in [0.25, 0.3) is 10.9 Å². The second-order valence-corrected chi connectivity index (χ2v) is 8.86. The molecule has 2 heterocycles. The molecule has 1 aromatic heterocycles. The molecule has 1 aliphatic heterocycles. The van der Waals surface area contributed by atoms with Crippen molar-refractivity contribution in [1.29, 1.82) is 0 Å². The topological polar surface area (TPSA) is 95.0 Å². The van der Waals surface area contributed by atoms with Gasteiger partial charge in [0, 0.05) is 30.1 Å². The lowest BCUT2D eigenvalue weighted by molar-refractivity contribution is 0.122. The van der Waals surface area contributed by atoms with E-state index in [0.717, 1.165) is 35.3 Å². The first-order valence-electron chi connectivity index (χ1n) is 12.0. The van der Waals surface area contributed by atoms with Crippen LogP contribution in [0.15, 0.2) is 42.7 Å². The van der Waals surface area contributed by atoms with Gasteiger partial charge in [-0.3, -0.25) is 5.32 Å². The molecule has 2 aliphatic rings. The predicted molar refractivity (Wildman–Crippen MR) is 133 cm³/mol. The average molecular weight is 479 g/mol. The largest absolute Gasteiger partial charge is 0.493 e. The molecule has 1 aliphatic carbocycles.